The van der Waals surface area contributed by atoms with Gasteiger partial charge in [-0.3, -0.25) is 4.98 Å². The summed E-state index contributed by atoms with van der Waals surface area (Å²) in [4.78, 5) is 19.1. The molecule has 2 aliphatic rings. The molecule has 0 saturated heterocycles. The lowest BCUT2D eigenvalue weighted by Gasteiger charge is -2.26. The van der Waals surface area contributed by atoms with Crippen molar-refractivity contribution in [2.45, 2.75) is 51.1 Å². The number of nitrogens with one attached hydrogen (secondary N) is 1. The van der Waals surface area contributed by atoms with Gasteiger partial charge in [-0.15, -0.1) is 0 Å². The van der Waals surface area contributed by atoms with Gasteiger partial charge < -0.3 is 14.6 Å². The monoisotopic (exact) mass is 520 g/mol. The number of para-hydroxylation sites is 1. The molecule has 1 fully saturated rings. The number of pyridine rings is 1. The highest BCUT2D eigenvalue weighted by Crippen LogP contribution is 2.40. The molecule has 1 saturated carbocycles. The van der Waals surface area contributed by atoms with Crippen LogP contribution in [0.25, 0.3) is 33.5 Å². The van der Waals surface area contributed by atoms with Gasteiger partial charge in [-0.25, -0.2) is 19.3 Å². The molecular weight excluding hydrogens is 491 g/mol. The van der Waals surface area contributed by atoms with Crippen LogP contribution in [0.2, 0.25) is 0 Å². The molecule has 3 aromatic heterocycles. The first kappa shape index (κ1) is 23.8. The van der Waals surface area contributed by atoms with E-state index in [1.807, 2.05) is 43.3 Å². The Morgan fingerprint density at radius 2 is 1.85 bits per heavy atom. The van der Waals surface area contributed by atoms with Gasteiger partial charge in [-0.1, -0.05) is 12.1 Å². The number of anilines is 1. The fourth-order valence-electron chi connectivity index (χ4n) is 5.56. The summed E-state index contributed by atoms with van der Waals surface area (Å²) in [7, 11) is 0. The minimum Gasteiger partial charge on any atom is -0.491 e. The Bertz CT molecular complexity index is 1660. The number of benzene rings is 2. The van der Waals surface area contributed by atoms with Crippen LogP contribution in [-0.2, 0) is 6.42 Å². The maximum absolute atomic E-state index is 13.8. The summed E-state index contributed by atoms with van der Waals surface area (Å²) < 4.78 is 22.5. The minimum atomic E-state index is -0.271. The fraction of sp³-hybridized carbons (Fsp3) is 0.290. The number of aryl methyl sites for hydroxylation is 2. The van der Waals surface area contributed by atoms with Crippen LogP contribution in [0.3, 0.4) is 0 Å². The van der Waals surface area contributed by atoms with Crippen molar-refractivity contribution in [2.24, 2.45) is 0 Å². The molecule has 39 heavy (non-hydrogen) atoms. The van der Waals surface area contributed by atoms with Gasteiger partial charge in [0.2, 0.25) is 5.95 Å². The van der Waals surface area contributed by atoms with Gasteiger partial charge in [0, 0.05) is 41.4 Å². The van der Waals surface area contributed by atoms with Crippen molar-refractivity contribution in [3.8, 4) is 28.4 Å². The lowest BCUT2D eigenvalue weighted by Crippen LogP contribution is -2.28. The molecule has 4 heterocycles. The van der Waals surface area contributed by atoms with Gasteiger partial charge in [0.15, 0.2) is 0 Å². The van der Waals surface area contributed by atoms with Crippen molar-refractivity contribution >= 4 is 16.9 Å². The highest BCUT2D eigenvalue weighted by atomic mass is 19.1. The molecule has 5 aromatic rings. The third-order valence-corrected chi connectivity index (χ3v) is 7.74. The molecule has 1 atom stereocenters. The van der Waals surface area contributed by atoms with Crippen molar-refractivity contribution in [1.29, 1.82) is 0 Å². The summed E-state index contributed by atoms with van der Waals surface area (Å²) in [6.45, 7) is 2.48. The third-order valence-electron chi connectivity index (χ3n) is 7.74. The molecule has 1 N–H and O–H groups in total. The largest absolute Gasteiger partial charge is 0.491 e. The molecule has 7 nitrogen and oxygen atoms in total. The molecule has 1 aliphatic carbocycles. The number of aromatic nitrogens is 5. The third kappa shape index (κ3) is 4.50. The Hall–Kier alpha value is -4.33. The van der Waals surface area contributed by atoms with E-state index in [-0.39, 0.29) is 11.9 Å². The van der Waals surface area contributed by atoms with Crippen LogP contribution in [0.15, 0.2) is 66.9 Å². The first-order valence-electron chi connectivity index (χ1n) is 13.6. The number of fused-ring (bicyclic) bond motifs is 2. The van der Waals surface area contributed by atoms with Crippen LogP contribution in [0.1, 0.15) is 43.2 Å². The van der Waals surface area contributed by atoms with Crippen LogP contribution in [0.5, 0.6) is 5.75 Å². The van der Waals surface area contributed by atoms with Crippen LogP contribution in [0.4, 0.5) is 10.3 Å². The van der Waals surface area contributed by atoms with E-state index in [1.54, 1.807) is 18.3 Å². The maximum Gasteiger partial charge on any atom is 0.223 e. The number of nitrogens with zero attached hydrogens (tertiary/aromatic N) is 5. The van der Waals surface area contributed by atoms with Crippen molar-refractivity contribution in [3.05, 3.63) is 84.2 Å². The number of rotatable bonds is 7. The zero-order valence-corrected chi connectivity index (χ0v) is 21.8. The first-order chi connectivity index (χ1) is 19.1. The number of imidazole rings is 1. The van der Waals surface area contributed by atoms with Gasteiger partial charge in [0.25, 0.3) is 0 Å². The molecule has 0 unspecified atom stereocenters. The smallest absolute Gasteiger partial charge is 0.223 e. The van der Waals surface area contributed by atoms with E-state index in [0.717, 1.165) is 76.5 Å². The van der Waals surface area contributed by atoms with Crippen molar-refractivity contribution < 1.29 is 9.13 Å². The summed E-state index contributed by atoms with van der Waals surface area (Å²) >= 11 is 0. The van der Waals surface area contributed by atoms with Crippen LogP contribution < -0.4 is 10.1 Å². The number of hydrogen-bond acceptors (Lipinski definition) is 6. The zero-order chi connectivity index (χ0) is 26.3. The van der Waals surface area contributed by atoms with Gasteiger partial charge in [-0.05, 0) is 75.1 Å². The highest BCUT2D eigenvalue weighted by molar-refractivity contribution is 5.85. The van der Waals surface area contributed by atoms with E-state index in [0.29, 0.717) is 18.6 Å². The lowest BCUT2D eigenvalue weighted by molar-refractivity contribution is 0.258. The van der Waals surface area contributed by atoms with Gasteiger partial charge in [-0.2, -0.15) is 0 Å². The summed E-state index contributed by atoms with van der Waals surface area (Å²) in [6, 6.07) is 19.0. The summed E-state index contributed by atoms with van der Waals surface area (Å²) in [5, 5.41) is 4.46. The summed E-state index contributed by atoms with van der Waals surface area (Å²) in [5.41, 5.74) is 5.21. The molecule has 0 amide bonds. The van der Waals surface area contributed by atoms with Crippen molar-refractivity contribution in [3.63, 3.8) is 0 Å². The second kappa shape index (κ2) is 9.76. The standard InChI is InChI=1S/C31H29FN6O/c1-19-17-27(24-7-2-3-8-25(24)34-19)39-18-23-13-14-28-37-29(20-9-11-21(32)12-10-20)30(38(23)28)26-15-16-33-31(36-26)35-22-5-4-6-22/h2-3,7-12,15-17,22-23H,4-6,13-14,18H2,1H3,(H,33,35,36)/t23-/m0/s1. The molecule has 0 radical (unpaired) electrons. The number of ether oxygens (including phenoxy) is 1. The molecule has 2 aromatic carbocycles. The van der Waals surface area contributed by atoms with E-state index in [9.17, 15) is 4.39 Å². The quantitative estimate of drug-likeness (QED) is 0.263. The average molecular weight is 521 g/mol. The molecule has 196 valence electrons. The Morgan fingerprint density at radius 3 is 2.67 bits per heavy atom. The predicted octanol–water partition coefficient (Wildman–Crippen LogP) is 6.53. The van der Waals surface area contributed by atoms with E-state index in [1.165, 1.54) is 18.6 Å². The van der Waals surface area contributed by atoms with Crippen LogP contribution in [-0.4, -0.2) is 37.2 Å². The second-order valence-electron chi connectivity index (χ2n) is 10.4. The minimum absolute atomic E-state index is 0.0712. The van der Waals surface area contributed by atoms with Crippen molar-refractivity contribution in [2.75, 3.05) is 11.9 Å². The van der Waals surface area contributed by atoms with Crippen molar-refractivity contribution in [1.82, 2.24) is 24.5 Å². The topological polar surface area (TPSA) is 77.8 Å². The first-order valence-corrected chi connectivity index (χ1v) is 13.6. The molecule has 8 heteroatoms. The van der Waals surface area contributed by atoms with Crippen LogP contribution >= 0.6 is 0 Å². The zero-order valence-electron chi connectivity index (χ0n) is 21.8. The normalized spacial score (nSPS) is 16.7. The van der Waals surface area contributed by atoms with Crippen LogP contribution in [0, 0.1) is 12.7 Å². The highest BCUT2D eigenvalue weighted by Gasteiger charge is 2.31. The lowest BCUT2D eigenvalue weighted by atomic mass is 9.93. The number of halogens is 1. The fourth-order valence-corrected chi connectivity index (χ4v) is 5.56. The van der Waals surface area contributed by atoms with E-state index < -0.39 is 0 Å². The molecular formula is C31H29FN6O. The van der Waals surface area contributed by atoms with Gasteiger partial charge in [0.05, 0.1) is 28.6 Å². The second-order valence-corrected chi connectivity index (χ2v) is 10.4. The Kier molecular flexibility index (Phi) is 5.95. The molecule has 0 bridgehead atoms. The SMILES string of the molecule is Cc1cc(OC[C@@H]2CCc3nc(-c4ccc(F)cc4)c(-c4ccnc(NC5CCC5)n4)n32)c2ccccc2n1. The predicted molar refractivity (Wildman–Crippen MR) is 149 cm³/mol. The maximum atomic E-state index is 13.8. The number of hydrogen-bond donors (Lipinski definition) is 1. The Labute approximate surface area is 226 Å². The molecule has 7 rings (SSSR count). The van der Waals surface area contributed by atoms with Gasteiger partial charge >= 0.3 is 0 Å². The molecule has 0 spiro atoms. The van der Waals surface area contributed by atoms with E-state index in [2.05, 4.69) is 19.9 Å². The van der Waals surface area contributed by atoms with Gasteiger partial charge in [0.1, 0.15) is 24.0 Å². The summed E-state index contributed by atoms with van der Waals surface area (Å²) in [6.07, 6.45) is 7.05. The van der Waals surface area contributed by atoms with E-state index in [4.69, 9.17) is 14.7 Å². The Balaban J connectivity index is 1.27. The summed E-state index contributed by atoms with van der Waals surface area (Å²) in [5.74, 6) is 2.18. The average Bonchev–Trinajstić information content (AvgIpc) is 3.49. The Morgan fingerprint density at radius 1 is 1.00 bits per heavy atom. The molecule has 1 aliphatic heterocycles. The van der Waals surface area contributed by atoms with E-state index >= 15 is 0 Å².